The first-order valence-corrected chi connectivity index (χ1v) is 12.0. The van der Waals surface area contributed by atoms with Crippen molar-refractivity contribution in [2.45, 2.75) is 51.6 Å². The second-order valence-corrected chi connectivity index (χ2v) is 9.02. The molecule has 3 N–H and O–H groups in total. The summed E-state index contributed by atoms with van der Waals surface area (Å²) in [6.45, 7) is 11.5. The van der Waals surface area contributed by atoms with Gasteiger partial charge in [-0.15, -0.1) is 0 Å². The highest BCUT2D eigenvalue weighted by Crippen LogP contribution is 2.25. The normalized spacial score (nSPS) is 14.0. The van der Waals surface area contributed by atoms with Gasteiger partial charge in [0, 0.05) is 35.4 Å². The topological polar surface area (TPSA) is 36.1 Å². The predicted molar refractivity (Wildman–Crippen MR) is 143 cm³/mol. The van der Waals surface area contributed by atoms with E-state index in [1.54, 1.807) is 0 Å². The smallest absolute Gasteiger partial charge is 0.0414 e. The van der Waals surface area contributed by atoms with Gasteiger partial charge in [0.1, 0.15) is 0 Å². The number of anilines is 2. The van der Waals surface area contributed by atoms with Crippen LogP contribution in [0.15, 0.2) is 86.0 Å². The number of rotatable bonds is 9. The van der Waals surface area contributed by atoms with Gasteiger partial charge < -0.3 is 16.0 Å². The van der Waals surface area contributed by atoms with Crippen molar-refractivity contribution in [1.29, 1.82) is 0 Å². The summed E-state index contributed by atoms with van der Waals surface area (Å²) < 4.78 is 0. The molecule has 0 radical (unpaired) electrons. The average Bonchev–Trinajstić information content (AvgIpc) is 2.85. The van der Waals surface area contributed by atoms with Crippen LogP contribution < -0.4 is 16.0 Å². The molecular formula is C30H35N3. The Kier molecular flexibility index (Phi) is 7.64. The lowest BCUT2D eigenvalue weighted by atomic mass is 9.95. The molecule has 0 aliphatic heterocycles. The third kappa shape index (κ3) is 6.36. The summed E-state index contributed by atoms with van der Waals surface area (Å²) in [5, 5.41) is 10.6. The lowest BCUT2D eigenvalue weighted by Crippen LogP contribution is -2.30. The van der Waals surface area contributed by atoms with Crippen LogP contribution in [0.5, 0.6) is 0 Å². The van der Waals surface area contributed by atoms with Crippen molar-refractivity contribution in [3.8, 4) is 0 Å². The summed E-state index contributed by atoms with van der Waals surface area (Å²) in [7, 11) is 0. The minimum Gasteiger partial charge on any atom is -0.356 e. The molecule has 0 saturated heterocycles. The van der Waals surface area contributed by atoms with Crippen LogP contribution in [-0.4, -0.2) is 6.04 Å². The fraction of sp³-hybridized carbons (Fsp3) is 0.267. The number of hydrogen-bond acceptors (Lipinski definition) is 3. The maximum atomic E-state index is 4.27. The Morgan fingerprint density at radius 3 is 2.15 bits per heavy atom. The Labute approximate surface area is 198 Å². The summed E-state index contributed by atoms with van der Waals surface area (Å²) in [5.41, 5.74) is 8.52. The predicted octanol–water partition coefficient (Wildman–Crippen LogP) is 7.58. The van der Waals surface area contributed by atoms with E-state index in [1.165, 1.54) is 37.7 Å². The SMILES string of the molecule is C=C(Nc1ccccc1)c1ccc(NC(=C)c2ccc(CNC3CCCCC3)cc2)c(C)c1. The number of para-hydroxylation sites is 1. The van der Waals surface area contributed by atoms with E-state index < -0.39 is 0 Å². The van der Waals surface area contributed by atoms with E-state index in [4.69, 9.17) is 0 Å². The van der Waals surface area contributed by atoms with Gasteiger partial charge >= 0.3 is 0 Å². The highest BCUT2D eigenvalue weighted by Gasteiger charge is 2.12. The third-order valence-corrected chi connectivity index (χ3v) is 6.43. The van der Waals surface area contributed by atoms with Crippen LogP contribution in [-0.2, 0) is 6.54 Å². The van der Waals surface area contributed by atoms with Crippen LogP contribution in [0.2, 0.25) is 0 Å². The number of hydrogen-bond donors (Lipinski definition) is 3. The van der Waals surface area contributed by atoms with Crippen molar-refractivity contribution in [2.24, 2.45) is 0 Å². The standard InChI is InChI=1S/C30H35N3/c1-22-20-27(24(3)32-29-12-8-5-9-13-29)18-19-30(22)33-23(2)26-16-14-25(15-17-26)21-31-28-10-6-4-7-11-28/h5,8-9,12-20,28,31-33H,2-4,6-7,10-11,21H2,1H3. The maximum Gasteiger partial charge on any atom is 0.0414 e. The van der Waals surface area contributed by atoms with Crippen molar-refractivity contribution in [3.05, 3.63) is 108 Å². The van der Waals surface area contributed by atoms with Gasteiger partial charge in [-0.3, -0.25) is 0 Å². The van der Waals surface area contributed by atoms with E-state index in [1.807, 2.05) is 30.3 Å². The van der Waals surface area contributed by atoms with E-state index >= 15 is 0 Å². The molecule has 3 aromatic carbocycles. The van der Waals surface area contributed by atoms with Crippen LogP contribution in [0.1, 0.15) is 54.4 Å². The molecule has 1 saturated carbocycles. The average molecular weight is 438 g/mol. The van der Waals surface area contributed by atoms with Crippen LogP contribution in [0.25, 0.3) is 11.4 Å². The van der Waals surface area contributed by atoms with Crippen molar-refractivity contribution in [1.82, 2.24) is 5.32 Å². The van der Waals surface area contributed by atoms with Crippen LogP contribution in [0.3, 0.4) is 0 Å². The zero-order valence-corrected chi connectivity index (χ0v) is 19.7. The van der Waals surface area contributed by atoms with Gasteiger partial charge in [0.05, 0.1) is 0 Å². The molecule has 4 rings (SSSR count). The van der Waals surface area contributed by atoms with E-state index in [-0.39, 0.29) is 0 Å². The maximum absolute atomic E-state index is 4.27. The quantitative estimate of drug-likeness (QED) is 0.323. The summed E-state index contributed by atoms with van der Waals surface area (Å²) in [5.74, 6) is 0. The molecule has 0 amide bonds. The first kappa shape index (κ1) is 22.9. The van der Waals surface area contributed by atoms with Crippen LogP contribution in [0.4, 0.5) is 11.4 Å². The minimum absolute atomic E-state index is 0.681. The van der Waals surface area contributed by atoms with Gasteiger partial charge in [0.25, 0.3) is 0 Å². The molecule has 0 spiro atoms. The van der Waals surface area contributed by atoms with Crippen molar-refractivity contribution in [3.63, 3.8) is 0 Å². The molecule has 0 heterocycles. The molecule has 3 heteroatoms. The Morgan fingerprint density at radius 2 is 1.45 bits per heavy atom. The second kappa shape index (κ2) is 11.0. The molecule has 1 aliphatic carbocycles. The molecule has 0 bridgehead atoms. The number of aryl methyl sites for hydroxylation is 1. The Hall–Kier alpha value is -3.30. The molecule has 0 aromatic heterocycles. The Morgan fingerprint density at radius 1 is 0.788 bits per heavy atom. The molecule has 3 aromatic rings. The van der Waals surface area contributed by atoms with Crippen LogP contribution >= 0.6 is 0 Å². The molecule has 33 heavy (non-hydrogen) atoms. The zero-order chi connectivity index (χ0) is 23.0. The van der Waals surface area contributed by atoms with Gasteiger partial charge in [-0.1, -0.05) is 81.0 Å². The minimum atomic E-state index is 0.681. The third-order valence-electron chi connectivity index (χ3n) is 6.43. The van der Waals surface area contributed by atoms with Gasteiger partial charge in [-0.25, -0.2) is 0 Å². The fourth-order valence-corrected chi connectivity index (χ4v) is 4.39. The summed E-state index contributed by atoms with van der Waals surface area (Å²) >= 11 is 0. The fourth-order valence-electron chi connectivity index (χ4n) is 4.39. The molecule has 1 aliphatic rings. The Bertz CT molecular complexity index is 1080. The second-order valence-electron chi connectivity index (χ2n) is 9.02. The first-order chi connectivity index (χ1) is 16.1. The van der Waals surface area contributed by atoms with Crippen LogP contribution in [0, 0.1) is 6.92 Å². The van der Waals surface area contributed by atoms with Gasteiger partial charge in [-0.05, 0) is 66.3 Å². The monoisotopic (exact) mass is 437 g/mol. The van der Waals surface area contributed by atoms with E-state index in [0.29, 0.717) is 6.04 Å². The number of nitrogens with one attached hydrogen (secondary N) is 3. The highest BCUT2D eigenvalue weighted by atomic mass is 14.9. The zero-order valence-electron chi connectivity index (χ0n) is 19.7. The van der Waals surface area contributed by atoms with Crippen molar-refractivity contribution in [2.75, 3.05) is 10.6 Å². The van der Waals surface area contributed by atoms with Crippen molar-refractivity contribution >= 4 is 22.8 Å². The van der Waals surface area contributed by atoms with E-state index in [0.717, 1.165) is 46.0 Å². The van der Waals surface area contributed by atoms with Gasteiger partial charge in [-0.2, -0.15) is 0 Å². The summed E-state index contributed by atoms with van der Waals surface area (Å²) in [6, 6.07) is 25.8. The highest BCUT2D eigenvalue weighted by molar-refractivity contribution is 5.80. The lowest BCUT2D eigenvalue weighted by Gasteiger charge is -2.23. The molecule has 3 nitrogen and oxygen atoms in total. The van der Waals surface area contributed by atoms with Gasteiger partial charge in [0.2, 0.25) is 0 Å². The molecule has 170 valence electrons. The molecule has 0 atom stereocenters. The summed E-state index contributed by atoms with van der Waals surface area (Å²) in [6.07, 6.45) is 6.74. The lowest BCUT2D eigenvalue weighted by molar-refractivity contribution is 0.372. The largest absolute Gasteiger partial charge is 0.356 e. The van der Waals surface area contributed by atoms with Gasteiger partial charge in [0.15, 0.2) is 0 Å². The Balaban J connectivity index is 1.33. The molecule has 1 fully saturated rings. The molecular weight excluding hydrogens is 402 g/mol. The van der Waals surface area contributed by atoms with E-state index in [9.17, 15) is 0 Å². The first-order valence-electron chi connectivity index (χ1n) is 12.0. The summed E-state index contributed by atoms with van der Waals surface area (Å²) in [4.78, 5) is 0. The van der Waals surface area contributed by atoms with Crippen molar-refractivity contribution < 1.29 is 0 Å². The van der Waals surface area contributed by atoms with E-state index in [2.05, 4.69) is 78.5 Å². The number of benzene rings is 3. The molecule has 0 unspecified atom stereocenters.